The number of pyridine rings is 1. The van der Waals surface area contributed by atoms with Gasteiger partial charge in [-0.1, -0.05) is 37.3 Å². The van der Waals surface area contributed by atoms with E-state index in [2.05, 4.69) is 20.3 Å². The van der Waals surface area contributed by atoms with Crippen molar-refractivity contribution in [3.8, 4) is 11.4 Å². The number of carboxylic acids is 1. The predicted octanol–water partition coefficient (Wildman–Crippen LogP) is 2.12. The summed E-state index contributed by atoms with van der Waals surface area (Å²) >= 11 is 0. The number of aromatic nitrogens is 5. The molecule has 3 heterocycles. The van der Waals surface area contributed by atoms with Gasteiger partial charge in [0, 0.05) is 30.8 Å². The monoisotopic (exact) mass is 502 g/mol. The van der Waals surface area contributed by atoms with Crippen molar-refractivity contribution >= 4 is 23.0 Å². The Morgan fingerprint density at radius 3 is 2.54 bits per heavy atom. The van der Waals surface area contributed by atoms with Crippen molar-refractivity contribution in [2.45, 2.75) is 51.2 Å². The maximum Gasteiger partial charge on any atom is 0.333 e. The lowest BCUT2D eigenvalue weighted by Gasteiger charge is -2.14. The fraction of sp³-hybridized carbons (Fsp3) is 0.308. The molecule has 1 aromatic carbocycles. The SMILES string of the molecule is CCCn1c(=O)n(C2CC2)c(=O)c2[nH]c(-c3ccc(C(=O)N[C@H](Cc4ccccc4)C(=O)O)nc3)nc21. The molecule has 11 heteroatoms. The van der Waals surface area contributed by atoms with E-state index in [0.717, 1.165) is 18.4 Å². The first kappa shape index (κ1) is 24.2. The van der Waals surface area contributed by atoms with Crippen LogP contribution in [-0.4, -0.2) is 47.1 Å². The minimum atomic E-state index is -1.15. The maximum absolute atomic E-state index is 13.0. The summed E-state index contributed by atoms with van der Waals surface area (Å²) in [4.78, 5) is 62.1. The quantitative estimate of drug-likeness (QED) is 0.317. The van der Waals surface area contributed by atoms with E-state index >= 15 is 0 Å². The zero-order chi connectivity index (χ0) is 26.1. The van der Waals surface area contributed by atoms with Gasteiger partial charge in [-0.3, -0.25) is 23.7 Å². The molecule has 1 fully saturated rings. The molecule has 190 valence electrons. The summed E-state index contributed by atoms with van der Waals surface area (Å²) in [5.74, 6) is -1.42. The first-order valence-corrected chi connectivity index (χ1v) is 12.2. The van der Waals surface area contributed by atoms with Crippen molar-refractivity contribution in [1.29, 1.82) is 0 Å². The van der Waals surface area contributed by atoms with Crippen LogP contribution in [0.4, 0.5) is 0 Å². The number of imidazole rings is 1. The molecule has 1 aliphatic carbocycles. The topological polar surface area (TPSA) is 152 Å². The smallest absolute Gasteiger partial charge is 0.333 e. The minimum absolute atomic E-state index is 0.0400. The van der Waals surface area contributed by atoms with E-state index < -0.39 is 23.5 Å². The summed E-state index contributed by atoms with van der Waals surface area (Å²) in [5.41, 5.74) is 1.13. The first-order chi connectivity index (χ1) is 17.9. The number of benzene rings is 1. The predicted molar refractivity (Wildman–Crippen MR) is 135 cm³/mol. The Kier molecular flexibility index (Phi) is 6.43. The Morgan fingerprint density at radius 1 is 1.16 bits per heavy atom. The van der Waals surface area contributed by atoms with Crippen LogP contribution in [0.15, 0.2) is 58.3 Å². The molecule has 4 aromatic rings. The van der Waals surface area contributed by atoms with Gasteiger partial charge in [0.2, 0.25) is 0 Å². The number of fused-ring (bicyclic) bond motifs is 1. The average Bonchev–Trinajstić information content (AvgIpc) is 3.63. The van der Waals surface area contributed by atoms with Crippen LogP contribution < -0.4 is 16.6 Å². The zero-order valence-electron chi connectivity index (χ0n) is 20.2. The second-order valence-corrected chi connectivity index (χ2v) is 9.11. The van der Waals surface area contributed by atoms with E-state index in [9.17, 15) is 24.3 Å². The van der Waals surface area contributed by atoms with Gasteiger partial charge >= 0.3 is 11.7 Å². The summed E-state index contributed by atoms with van der Waals surface area (Å²) in [6.07, 6.45) is 3.86. The van der Waals surface area contributed by atoms with Gasteiger partial charge < -0.3 is 15.4 Å². The summed E-state index contributed by atoms with van der Waals surface area (Å²) in [6.45, 7) is 2.37. The molecule has 1 aliphatic rings. The number of aromatic amines is 1. The van der Waals surface area contributed by atoms with Crippen LogP contribution in [0.5, 0.6) is 0 Å². The third-order valence-corrected chi connectivity index (χ3v) is 6.32. The molecule has 0 bridgehead atoms. The fourth-order valence-corrected chi connectivity index (χ4v) is 4.30. The van der Waals surface area contributed by atoms with Gasteiger partial charge in [-0.05, 0) is 37.0 Å². The average molecular weight is 503 g/mol. The number of nitrogens with one attached hydrogen (secondary N) is 2. The number of hydrogen-bond acceptors (Lipinski definition) is 6. The van der Waals surface area contributed by atoms with Crippen molar-refractivity contribution in [3.05, 3.63) is 80.8 Å². The zero-order valence-corrected chi connectivity index (χ0v) is 20.2. The molecule has 1 atom stereocenters. The molecule has 5 rings (SSSR count). The highest BCUT2D eigenvalue weighted by Gasteiger charge is 2.30. The van der Waals surface area contributed by atoms with Crippen LogP contribution in [0, 0.1) is 0 Å². The van der Waals surface area contributed by atoms with E-state index in [1.807, 2.05) is 13.0 Å². The summed E-state index contributed by atoms with van der Waals surface area (Å²) in [6, 6.07) is 10.9. The molecule has 0 radical (unpaired) electrons. The number of carbonyl (C=O) groups excluding carboxylic acids is 1. The van der Waals surface area contributed by atoms with Gasteiger partial charge in [-0.25, -0.2) is 14.6 Å². The van der Waals surface area contributed by atoms with Gasteiger partial charge in [0.15, 0.2) is 5.65 Å². The molecule has 0 spiro atoms. The minimum Gasteiger partial charge on any atom is -0.480 e. The molecular formula is C26H26N6O5. The van der Waals surface area contributed by atoms with Crippen LogP contribution in [0.3, 0.4) is 0 Å². The van der Waals surface area contributed by atoms with Gasteiger partial charge in [0.1, 0.15) is 23.1 Å². The van der Waals surface area contributed by atoms with Gasteiger partial charge in [0.25, 0.3) is 11.5 Å². The van der Waals surface area contributed by atoms with E-state index in [1.165, 1.54) is 21.4 Å². The van der Waals surface area contributed by atoms with E-state index in [1.54, 1.807) is 30.3 Å². The summed E-state index contributed by atoms with van der Waals surface area (Å²) < 4.78 is 2.82. The molecule has 3 N–H and O–H groups in total. The van der Waals surface area contributed by atoms with E-state index in [-0.39, 0.29) is 35.0 Å². The molecular weight excluding hydrogens is 476 g/mol. The third kappa shape index (κ3) is 4.80. The molecule has 0 saturated heterocycles. The van der Waals surface area contributed by atoms with Crippen molar-refractivity contribution in [3.63, 3.8) is 0 Å². The van der Waals surface area contributed by atoms with Crippen LogP contribution in [0.1, 0.15) is 48.3 Å². The lowest BCUT2D eigenvalue weighted by molar-refractivity contribution is -0.139. The molecule has 3 aromatic heterocycles. The second-order valence-electron chi connectivity index (χ2n) is 9.11. The van der Waals surface area contributed by atoms with Crippen molar-refractivity contribution < 1.29 is 14.7 Å². The highest BCUT2D eigenvalue weighted by atomic mass is 16.4. The number of hydrogen-bond donors (Lipinski definition) is 3. The van der Waals surface area contributed by atoms with Gasteiger partial charge in [-0.15, -0.1) is 0 Å². The Hall–Kier alpha value is -4.54. The number of aryl methyl sites for hydroxylation is 1. The number of carboxylic acid groups (broad SMARTS) is 1. The Bertz CT molecular complexity index is 1580. The van der Waals surface area contributed by atoms with E-state index in [4.69, 9.17) is 0 Å². The standard InChI is InChI=1S/C26H26N6O5/c1-2-12-31-22-20(24(34)32(26(31)37)17-9-10-17)29-21(30-22)16-8-11-18(27-14-16)23(33)28-19(25(35)36)13-15-6-4-3-5-7-15/h3-8,11,14,17,19H,2,9-10,12-13H2,1H3,(H,28,33)(H,29,30)(H,35,36)/t19-/m1/s1. The lowest BCUT2D eigenvalue weighted by Crippen LogP contribution is -2.42. The van der Waals surface area contributed by atoms with Gasteiger partial charge in [0.05, 0.1) is 0 Å². The lowest BCUT2D eigenvalue weighted by atomic mass is 10.1. The molecule has 0 unspecified atom stereocenters. The Balaban J connectivity index is 1.41. The molecule has 1 saturated carbocycles. The van der Waals surface area contributed by atoms with Crippen LogP contribution >= 0.6 is 0 Å². The summed E-state index contributed by atoms with van der Waals surface area (Å²) in [7, 11) is 0. The number of amides is 1. The normalized spacial score (nSPS) is 14.0. The molecule has 37 heavy (non-hydrogen) atoms. The number of nitrogens with zero attached hydrogens (tertiary/aromatic N) is 4. The third-order valence-electron chi connectivity index (χ3n) is 6.32. The maximum atomic E-state index is 13.0. The highest BCUT2D eigenvalue weighted by Crippen LogP contribution is 2.32. The van der Waals surface area contributed by atoms with Crippen molar-refractivity contribution in [1.82, 2.24) is 29.4 Å². The molecule has 11 nitrogen and oxygen atoms in total. The number of rotatable bonds is 9. The number of carbonyl (C=O) groups is 2. The largest absolute Gasteiger partial charge is 0.480 e. The highest BCUT2D eigenvalue weighted by molar-refractivity contribution is 5.95. The van der Waals surface area contributed by atoms with Gasteiger partial charge in [-0.2, -0.15) is 0 Å². The van der Waals surface area contributed by atoms with E-state index in [0.29, 0.717) is 24.4 Å². The fourth-order valence-electron chi connectivity index (χ4n) is 4.30. The molecule has 1 amide bonds. The van der Waals surface area contributed by atoms with Crippen LogP contribution in [-0.2, 0) is 17.8 Å². The van der Waals surface area contributed by atoms with Crippen LogP contribution in [0.25, 0.3) is 22.6 Å². The van der Waals surface area contributed by atoms with Crippen molar-refractivity contribution in [2.24, 2.45) is 0 Å². The Labute approximate surface area is 210 Å². The second kappa shape index (κ2) is 9.84. The first-order valence-electron chi connectivity index (χ1n) is 12.2. The number of H-pyrrole nitrogens is 1. The Morgan fingerprint density at radius 2 is 1.92 bits per heavy atom. The number of aliphatic carboxylic acids is 1. The van der Waals surface area contributed by atoms with Crippen molar-refractivity contribution in [2.75, 3.05) is 0 Å². The molecule has 0 aliphatic heterocycles. The van der Waals surface area contributed by atoms with Crippen LogP contribution in [0.2, 0.25) is 0 Å². The summed E-state index contributed by atoms with van der Waals surface area (Å²) in [5, 5.41) is 12.1.